The zero-order valence-electron chi connectivity index (χ0n) is 14.1. The largest absolute Gasteiger partial charge is 0.508 e. The number of aliphatic hydroxyl groups is 2. The van der Waals surface area contributed by atoms with Crippen LogP contribution >= 0.6 is 0 Å². The summed E-state index contributed by atoms with van der Waals surface area (Å²) in [6, 6.07) is 5.64. The highest BCUT2D eigenvalue weighted by atomic mass is 16.3. The van der Waals surface area contributed by atoms with Crippen LogP contribution in [0.4, 0.5) is 0 Å². The van der Waals surface area contributed by atoms with Crippen LogP contribution in [0.1, 0.15) is 50.7 Å². The van der Waals surface area contributed by atoms with Crippen molar-refractivity contribution in [2.45, 2.75) is 63.1 Å². The molecule has 4 unspecified atom stereocenters. The van der Waals surface area contributed by atoms with E-state index in [0.717, 1.165) is 25.7 Å². The molecule has 1 fully saturated rings. The number of aromatic hydroxyl groups is 1. The fourth-order valence-corrected chi connectivity index (χ4v) is 5.40. The lowest BCUT2D eigenvalue weighted by atomic mass is 9.49. The Morgan fingerprint density at radius 2 is 2.13 bits per heavy atom. The second kappa shape index (κ2) is 5.64. The van der Waals surface area contributed by atoms with Crippen LogP contribution in [0.15, 0.2) is 30.9 Å². The quantitative estimate of drug-likeness (QED) is 0.750. The van der Waals surface area contributed by atoms with E-state index in [2.05, 4.69) is 13.5 Å². The number of hydrogen-bond acceptors (Lipinski definition) is 3. The summed E-state index contributed by atoms with van der Waals surface area (Å²) in [4.78, 5) is 0. The molecule has 2 aliphatic carbocycles. The first-order chi connectivity index (χ1) is 10.9. The topological polar surface area (TPSA) is 60.7 Å². The van der Waals surface area contributed by atoms with E-state index in [0.29, 0.717) is 18.1 Å². The van der Waals surface area contributed by atoms with Gasteiger partial charge in [-0.2, -0.15) is 0 Å². The second-order valence-electron chi connectivity index (χ2n) is 7.66. The van der Waals surface area contributed by atoms with Crippen LogP contribution in [0.5, 0.6) is 5.75 Å². The van der Waals surface area contributed by atoms with E-state index in [-0.39, 0.29) is 11.3 Å². The summed E-state index contributed by atoms with van der Waals surface area (Å²) in [6.45, 7) is 7.79. The second-order valence-corrected chi connectivity index (χ2v) is 7.66. The molecule has 0 spiro atoms. The smallest absolute Gasteiger partial charge is 0.115 e. The molecule has 3 nitrogen and oxygen atoms in total. The lowest BCUT2D eigenvalue weighted by Crippen LogP contribution is -2.61. The van der Waals surface area contributed by atoms with Gasteiger partial charge in [-0.05, 0) is 74.1 Å². The molecular formula is C20H28O3. The first kappa shape index (κ1) is 16.5. The molecular weight excluding hydrogens is 288 g/mol. The minimum atomic E-state index is -1.10. The summed E-state index contributed by atoms with van der Waals surface area (Å²) in [6.07, 6.45) is 5.25. The number of hydrogen-bond donors (Lipinski definition) is 3. The Bertz CT molecular complexity index is 607. The Morgan fingerprint density at radius 1 is 1.39 bits per heavy atom. The molecule has 3 heteroatoms. The average Bonchev–Trinajstić information content (AvgIpc) is 2.51. The van der Waals surface area contributed by atoms with Crippen LogP contribution in [0.2, 0.25) is 0 Å². The molecule has 2 aliphatic rings. The van der Waals surface area contributed by atoms with Gasteiger partial charge in [0.1, 0.15) is 5.75 Å². The molecule has 1 aromatic rings. The molecule has 1 aromatic carbocycles. The molecule has 1 saturated carbocycles. The molecule has 0 amide bonds. The van der Waals surface area contributed by atoms with Crippen molar-refractivity contribution in [1.29, 1.82) is 0 Å². The van der Waals surface area contributed by atoms with E-state index in [1.165, 1.54) is 11.1 Å². The number of aryl methyl sites for hydroxylation is 1. The maximum Gasteiger partial charge on any atom is 0.115 e. The van der Waals surface area contributed by atoms with Gasteiger partial charge in [0.15, 0.2) is 0 Å². The molecule has 0 aliphatic heterocycles. The fourth-order valence-electron chi connectivity index (χ4n) is 5.40. The summed E-state index contributed by atoms with van der Waals surface area (Å²) >= 11 is 0. The van der Waals surface area contributed by atoms with Gasteiger partial charge in [-0.1, -0.05) is 19.1 Å². The van der Waals surface area contributed by atoms with E-state index in [9.17, 15) is 15.3 Å². The third-order valence-corrected chi connectivity index (χ3v) is 6.36. The first-order valence-corrected chi connectivity index (χ1v) is 8.69. The van der Waals surface area contributed by atoms with E-state index >= 15 is 0 Å². The van der Waals surface area contributed by atoms with Crippen LogP contribution < -0.4 is 0 Å². The van der Waals surface area contributed by atoms with E-state index < -0.39 is 11.7 Å². The Kier molecular flexibility index (Phi) is 4.06. The summed E-state index contributed by atoms with van der Waals surface area (Å²) < 4.78 is 0. The fraction of sp³-hybridized carbons (Fsp3) is 0.600. The number of aliphatic hydroxyl groups excluding tert-OH is 1. The van der Waals surface area contributed by atoms with Crippen molar-refractivity contribution >= 4 is 0 Å². The van der Waals surface area contributed by atoms with Gasteiger partial charge in [-0.25, -0.2) is 0 Å². The lowest BCUT2D eigenvalue weighted by molar-refractivity contribution is -0.162. The molecule has 0 radical (unpaired) electrons. The molecule has 126 valence electrons. The maximum absolute atomic E-state index is 10.9. The zero-order chi connectivity index (χ0) is 16.8. The maximum atomic E-state index is 10.9. The predicted octanol–water partition coefficient (Wildman–Crippen LogP) is 3.31. The van der Waals surface area contributed by atoms with Gasteiger partial charge >= 0.3 is 0 Å². The van der Waals surface area contributed by atoms with Crippen LogP contribution in [-0.2, 0) is 11.8 Å². The minimum Gasteiger partial charge on any atom is -0.508 e. The minimum absolute atomic E-state index is 0.0261. The van der Waals surface area contributed by atoms with Crippen molar-refractivity contribution in [1.82, 2.24) is 0 Å². The van der Waals surface area contributed by atoms with Gasteiger partial charge in [0.25, 0.3) is 0 Å². The Morgan fingerprint density at radius 3 is 2.78 bits per heavy atom. The lowest BCUT2D eigenvalue weighted by Gasteiger charge is -2.58. The van der Waals surface area contributed by atoms with Gasteiger partial charge in [0.05, 0.1) is 11.7 Å². The van der Waals surface area contributed by atoms with Gasteiger partial charge in [-0.3, -0.25) is 0 Å². The number of benzene rings is 1. The Hall–Kier alpha value is -1.32. The Balaban J connectivity index is 2.15. The number of allylic oxidation sites excluding steroid dienone is 1. The third-order valence-electron chi connectivity index (χ3n) is 6.36. The van der Waals surface area contributed by atoms with Gasteiger partial charge < -0.3 is 15.3 Å². The third kappa shape index (κ3) is 2.41. The van der Waals surface area contributed by atoms with Crippen molar-refractivity contribution in [3.05, 3.63) is 42.0 Å². The van der Waals surface area contributed by atoms with Gasteiger partial charge in [0, 0.05) is 5.41 Å². The highest BCUT2D eigenvalue weighted by molar-refractivity contribution is 5.44. The van der Waals surface area contributed by atoms with E-state index in [1.807, 2.05) is 18.2 Å². The van der Waals surface area contributed by atoms with Crippen molar-refractivity contribution in [3.63, 3.8) is 0 Å². The molecule has 0 aromatic heterocycles. The Labute approximate surface area is 138 Å². The highest BCUT2D eigenvalue weighted by Crippen LogP contribution is 2.57. The zero-order valence-corrected chi connectivity index (χ0v) is 14.1. The summed E-state index contributed by atoms with van der Waals surface area (Å²) in [5.41, 5.74) is 1.19. The average molecular weight is 316 g/mol. The monoisotopic (exact) mass is 316 g/mol. The summed E-state index contributed by atoms with van der Waals surface area (Å²) in [5, 5.41) is 31.5. The molecule has 0 saturated heterocycles. The van der Waals surface area contributed by atoms with Crippen molar-refractivity contribution in [3.8, 4) is 5.75 Å². The molecule has 5 atom stereocenters. The van der Waals surface area contributed by atoms with Gasteiger partial charge in [-0.15, -0.1) is 6.58 Å². The van der Waals surface area contributed by atoms with Gasteiger partial charge in [0.2, 0.25) is 0 Å². The SMILES string of the molecule is C=CCC1C(O)C(C)(O)CC2(CC)c3ccc(O)cc3CC[C@H]12. The molecule has 3 N–H and O–H groups in total. The number of fused-ring (bicyclic) bond motifs is 3. The first-order valence-electron chi connectivity index (χ1n) is 8.69. The van der Waals surface area contributed by atoms with Crippen molar-refractivity contribution < 1.29 is 15.3 Å². The standard InChI is InChI=1S/C20H28O3/c1-4-6-15-17-9-7-13-11-14(21)8-10-16(13)20(17,5-2)12-19(3,23)18(15)22/h4,8,10-11,15,17-18,21-23H,1,5-7,9,12H2,2-3H3/t15?,17-,18?,19?,20?/m1/s1. The number of phenolic OH excluding ortho intramolecular Hbond substituents is 1. The van der Waals surface area contributed by atoms with Crippen LogP contribution in [0.25, 0.3) is 0 Å². The predicted molar refractivity (Wildman–Crippen MR) is 91.4 cm³/mol. The van der Waals surface area contributed by atoms with Crippen molar-refractivity contribution in [2.75, 3.05) is 0 Å². The summed E-state index contributed by atoms with van der Waals surface area (Å²) in [5.74, 6) is 0.662. The normalized spacial score (nSPS) is 39.4. The molecule has 0 heterocycles. The van der Waals surface area contributed by atoms with Crippen molar-refractivity contribution in [2.24, 2.45) is 11.8 Å². The number of rotatable bonds is 3. The van der Waals surface area contributed by atoms with Crippen LogP contribution in [-0.4, -0.2) is 27.0 Å². The van der Waals surface area contributed by atoms with E-state index in [4.69, 9.17) is 0 Å². The number of phenols is 1. The van der Waals surface area contributed by atoms with Crippen LogP contribution in [0, 0.1) is 11.8 Å². The molecule has 0 bridgehead atoms. The molecule has 23 heavy (non-hydrogen) atoms. The summed E-state index contributed by atoms with van der Waals surface area (Å²) in [7, 11) is 0. The highest BCUT2D eigenvalue weighted by Gasteiger charge is 2.57. The molecule has 3 rings (SSSR count). The van der Waals surface area contributed by atoms with E-state index in [1.54, 1.807) is 13.0 Å². The van der Waals surface area contributed by atoms with Crippen LogP contribution in [0.3, 0.4) is 0 Å².